The predicted molar refractivity (Wildman–Crippen MR) is 80.3 cm³/mol. The van der Waals surface area contributed by atoms with Gasteiger partial charge in [0.05, 0.1) is 11.3 Å². The predicted octanol–water partition coefficient (Wildman–Crippen LogP) is 4.51. The molecule has 0 saturated heterocycles. The third-order valence-corrected chi connectivity index (χ3v) is 3.99. The maximum atomic E-state index is 10.9. The number of aryl methyl sites for hydroxylation is 2. The van der Waals surface area contributed by atoms with Crippen LogP contribution in [0.3, 0.4) is 0 Å². The minimum absolute atomic E-state index is 0.298. The lowest BCUT2D eigenvalue weighted by atomic mass is 10.1. The molecule has 19 heavy (non-hydrogen) atoms. The third-order valence-electron chi connectivity index (χ3n) is 2.93. The molecule has 0 unspecified atom stereocenters. The van der Waals surface area contributed by atoms with Crippen molar-refractivity contribution in [2.24, 2.45) is 0 Å². The monoisotopic (exact) mass is 319 g/mol. The smallest absolute Gasteiger partial charge is 0.335 e. The molecule has 0 atom stereocenters. The van der Waals surface area contributed by atoms with Crippen molar-refractivity contribution in [3.63, 3.8) is 0 Å². The van der Waals surface area contributed by atoms with Crippen LogP contribution in [0.15, 0.2) is 40.9 Å². The van der Waals surface area contributed by atoms with E-state index in [4.69, 9.17) is 5.11 Å². The van der Waals surface area contributed by atoms with E-state index in [9.17, 15) is 4.79 Å². The zero-order valence-electron chi connectivity index (χ0n) is 10.7. The lowest BCUT2D eigenvalue weighted by Crippen LogP contribution is -2.00. The highest BCUT2D eigenvalue weighted by Gasteiger charge is 2.07. The molecule has 4 heteroatoms. The Kier molecular flexibility index (Phi) is 3.90. The summed E-state index contributed by atoms with van der Waals surface area (Å²) in [5.41, 5.74) is 4.20. The Balaban J connectivity index is 2.34. The Morgan fingerprint density at radius 1 is 1.11 bits per heavy atom. The van der Waals surface area contributed by atoms with Crippen molar-refractivity contribution in [1.82, 2.24) is 0 Å². The number of rotatable bonds is 3. The maximum Gasteiger partial charge on any atom is 0.335 e. The lowest BCUT2D eigenvalue weighted by molar-refractivity contribution is 0.0697. The molecule has 2 N–H and O–H groups in total. The lowest BCUT2D eigenvalue weighted by Gasteiger charge is -2.13. The highest BCUT2D eigenvalue weighted by molar-refractivity contribution is 9.10. The standard InChI is InChI=1S/C15H14BrNO2/c1-9-4-3-5-13(14(9)16)17-12-7-6-11(15(18)19)8-10(12)2/h3-8,17H,1-2H3,(H,18,19). The van der Waals surface area contributed by atoms with Crippen LogP contribution >= 0.6 is 15.9 Å². The first-order valence-electron chi connectivity index (χ1n) is 5.85. The van der Waals surface area contributed by atoms with Crippen molar-refractivity contribution < 1.29 is 9.90 Å². The Hall–Kier alpha value is -1.81. The fourth-order valence-corrected chi connectivity index (χ4v) is 2.19. The molecular weight excluding hydrogens is 306 g/mol. The summed E-state index contributed by atoms with van der Waals surface area (Å²) in [6.45, 7) is 3.91. The second-order valence-corrected chi connectivity index (χ2v) is 5.19. The van der Waals surface area contributed by atoms with E-state index in [2.05, 4.69) is 21.2 Å². The summed E-state index contributed by atoms with van der Waals surface area (Å²) < 4.78 is 1.01. The summed E-state index contributed by atoms with van der Waals surface area (Å²) in [5, 5.41) is 12.3. The Morgan fingerprint density at radius 2 is 1.84 bits per heavy atom. The number of nitrogens with one attached hydrogen (secondary N) is 1. The van der Waals surface area contributed by atoms with E-state index in [1.807, 2.05) is 32.0 Å². The van der Waals surface area contributed by atoms with E-state index >= 15 is 0 Å². The van der Waals surface area contributed by atoms with E-state index in [0.29, 0.717) is 5.56 Å². The molecule has 98 valence electrons. The molecule has 3 nitrogen and oxygen atoms in total. The van der Waals surface area contributed by atoms with Crippen molar-refractivity contribution >= 4 is 33.3 Å². The highest BCUT2D eigenvalue weighted by atomic mass is 79.9. The molecule has 0 aromatic heterocycles. The van der Waals surface area contributed by atoms with Crippen LogP contribution in [0.1, 0.15) is 21.5 Å². The second-order valence-electron chi connectivity index (χ2n) is 4.40. The van der Waals surface area contributed by atoms with Crippen LogP contribution in [-0.4, -0.2) is 11.1 Å². The van der Waals surface area contributed by atoms with Crippen LogP contribution < -0.4 is 5.32 Å². The molecule has 0 bridgehead atoms. The summed E-state index contributed by atoms with van der Waals surface area (Å²) in [6.07, 6.45) is 0. The number of hydrogen-bond donors (Lipinski definition) is 2. The first kappa shape index (κ1) is 13.6. The van der Waals surface area contributed by atoms with E-state index in [1.165, 1.54) is 0 Å². The van der Waals surface area contributed by atoms with Crippen LogP contribution in [0.25, 0.3) is 0 Å². The number of hydrogen-bond acceptors (Lipinski definition) is 2. The van der Waals surface area contributed by atoms with Gasteiger partial charge in [-0.15, -0.1) is 0 Å². The van der Waals surface area contributed by atoms with Crippen molar-refractivity contribution in [2.75, 3.05) is 5.32 Å². The first-order chi connectivity index (χ1) is 8.99. The van der Waals surface area contributed by atoms with E-state index < -0.39 is 5.97 Å². The minimum atomic E-state index is -0.911. The SMILES string of the molecule is Cc1cc(C(=O)O)ccc1Nc1cccc(C)c1Br. The van der Waals surface area contributed by atoms with Crippen molar-refractivity contribution in [3.05, 3.63) is 57.6 Å². The number of carboxylic acids is 1. The molecule has 0 amide bonds. The zero-order chi connectivity index (χ0) is 14.0. The van der Waals surface area contributed by atoms with Gasteiger partial charge in [0.2, 0.25) is 0 Å². The van der Waals surface area contributed by atoms with E-state index in [-0.39, 0.29) is 0 Å². The summed E-state index contributed by atoms with van der Waals surface area (Å²) >= 11 is 3.54. The Morgan fingerprint density at radius 3 is 2.47 bits per heavy atom. The normalized spacial score (nSPS) is 10.3. The largest absolute Gasteiger partial charge is 0.478 e. The van der Waals surface area contributed by atoms with Gasteiger partial charge in [-0.2, -0.15) is 0 Å². The zero-order valence-corrected chi connectivity index (χ0v) is 12.3. The molecule has 0 aliphatic heterocycles. The molecule has 0 heterocycles. The Bertz CT molecular complexity index is 638. The molecule has 0 aliphatic rings. The molecule has 0 radical (unpaired) electrons. The van der Waals surface area contributed by atoms with Crippen LogP contribution in [-0.2, 0) is 0 Å². The summed E-state index contributed by atoms with van der Waals surface area (Å²) in [6, 6.07) is 11.0. The molecule has 0 aliphatic carbocycles. The number of anilines is 2. The van der Waals surface area contributed by atoms with Gasteiger partial charge in [0.1, 0.15) is 0 Å². The van der Waals surface area contributed by atoms with Crippen molar-refractivity contribution in [1.29, 1.82) is 0 Å². The fourth-order valence-electron chi connectivity index (χ4n) is 1.83. The van der Waals surface area contributed by atoms with Gasteiger partial charge in [0.15, 0.2) is 0 Å². The van der Waals surface area contributed by atoms with Crippen molar-refractivity contribution in [3.8, 4) is 0 Å². The summed E-state index contributed by atoms with van der Waals surface area (Å²) in [4.78, 5) is 10.9. The molecule has 2 rings (SSSR count). The average Bonchev–Trinajstić information content (AvgIpc) is 2.37. The molecule has 2 aromatic carbocycles. The minimum Gasteiger partial charge on any atom is -0.478 e. The van der Waals surface area contributed by atoms with Gasteiger partial charge in [0, 0.05) is 10.2 Å². The second kappa shape index (κ2) is 5.45. The number of carbonyl (C=O) groups is 1. The Labute approximate surface area is 120 Å². The topological polar surface area (TPSA) is 49.3 Å². The van der Waals surface area contributed by atoms with Crippen LogP contribution in [0.2, 0.25) is 0 Å². The van der Waals surface area contributed by atoms with Crippen LogP contribution in [0.5, 0.6) is 0 Å². The highest BCUT2D eigenvalue weighted by Crippen LogP contribution is 2.30. The number of carboxylic acid groups (broad SMARTS) is 1. The quantitative estimate of drug-likeness (QED) is 0.875. The summed E-state index contributed by atoms with van der Waals surface area (Å²) in [5.74, 6) is -0.911. The van der Waals surface area contributed by atoms with Gasteiger partial charge in [-0.05, 0) is 65.2 Å². The molecule has 0 fully saturated rings. The number of halogens is 1. The maximum absolute atomic E-state index is 10.9. The van der Waals surface area contributed by atoms with Gasteiger partial charge in [-0.1, -0.05) is 12.1 Å². The fraction of sp³-hybridized carbons (Fsp3) is 0.133. The van der Waals surface area contributed by atoms with Gasteiger partial charge < -0.3 is 10.4 Å². The summed E-state index contributed by atoms with van der Waals surface area (Å²) in [7, 11) is 0. The van der Waals surface area contributed by atoms with Crippen LogP contribution in [0, 0.1) is 13.8 Å². The number of benzene rings is 2. The van der Waals surface area contributed by atoms with Gasteiger partial charge >= 0.3 is 5.97 Å². The van der Waals surface area contributed by atoms with Crippen LogP contribution in [0.4, 0.5) is 11.4 Å². The number of aromatic carboxylic acids is 1. The molecule has 0 spiro atoms. The molecule has 0 saturated carbocycles. The van der Waals surface area contributed by atoms with Crippen molar-refractivity contribution in [2.45, 2.75) is 13.8 Å². The molecule has 2 aromatic rings. The third kappa shape index (κ3) is 2.96. The first-order valence-corrected chi connectivity index (χ1v) is 6.64. The van der Waals surface area contributed by atoms with E-state index in [1.54, 1.807) is 18.2 Å². The molecular formula is C15H14BrNO2. The van der Waals surface area contributed by atoms with Gasteiger partial charge in [0.25, 0.3) is 0 Å². The average molecular weight is 320 g/mol. The van der Waals surface area contributed by atoms with E-state index in [0.717, 1.165) is 27.0 Å². The van der Waals surface area contributed by atoms with Gasteiger partial charge in [-0.25, -0.2) is 4.79 Å². The van der Waals surface area contributed by atoms with Gasteiger partial charge in [-0.3, -0.25) is 0 Å².